The van der Waals surface area contributed by atoms with Crippen molar-refractivity contribution in [1.29, 1.82) is 0 Å². The first kappa shape index (κ1) is 19.3. The third-order valence-electron chi connectivity index (χ3n) is 5.43. The van der Waals surface area contributed by atoms with E-state index >= 15 is 0 Å². The number of carbonyl (C=O) groups is 2. The Morgan fingerprint density at radius 3 is 2.17 bits per heavy atom. The zero-order chi connectivity index (χ0) is 18.3. The van der Waals surface area contributed by atoms with E-state index in [0.717, 1.165) is 13.1 Å². The molecule has 2 saturated heterocycles. The molecule has 0 spiro atoms. The topological polar surface area (TPSA) is 72.9 Å². The number of amides is 2. The van der Waals surface area contributed by atoms with Gasteiger partial charge in [-0.15, -0.1) is 0 Å². The molecule has 2 amide bonds. The van der Waals surface area contributed by atoms with Gasteiger partial charge in [0, 0.05) is 32.6 Å². The van der Waals surface area contributed by atoms with Crippen LogP contribution in [0.3, 0.4) is 0 Å². The molecule has 2 heterocycles. The minimum absolute atomic E-state index is 0.0828. The van der Waals surface area contributed by atoms with Gasteiger partial charge in [-0.2, -0.15) is 0 Å². The Morgan fingerprint density at radius 1 is 1.12 bits per heavy atom. The van der Waals surface area contributed by atoms with Crippen LogP contribution in [0.1, 0.15) is 48.0 Å². The fraction of sp³-hybridized carbons (Fsp3) is 0.889. The molecule has 0 saturated carbocycles. The zero-order valence-electron chi connectivity index (χ0n) is 15.9. The summed E-state index contributed by atoms with van der Waals surface area (Å²) in [6, 6.07) is 0. The minimum Gasteiger partial charge on any atom is -0.365 e. The molecule has 2 unspecified atom stereocenters. The van der Waals surface area contributed by atoms with Gasteiger partial charge in [0.25, 0.3) is 0 Å². The lowest BCUT2D eigenvalue weighted by atomic mass is 9.76. The second-order valence-corrected chi connectivity index (χ2v) is 9.35. The maximum absolute atomic E-state index is 12.4. The van der Waals surface area contributed by atoms with Crippen LogP contribution in [0, 0.1) is 22.7 Å². The highest BCUT2D eigenvalue weighted by atomic mass is 16.3. The van der Waals surface area contributed by atoms with Crippen molar-refractivity contribution in [2.75, 3.05) is 26.2 Å². The molecule has 2 rings (SSSR count). The molecule has 2 aliphatic heterocycles. The molecule has 0 aliphatic carbocycles. The smallest absolute Gasteiger partial charge is 0.233 e. The van der Waals surface area contributed by atoms with E-state index in [1.165, 1.54) is 4.90 Å². The summed E-state index contributed by atoms with van der Waals surface area (Å²) in [5.41, 5.74) is 0.0562. The number of nitrogens with zero attached hydrogens (tertiary/aromatic N) is 2. The van der Waals surface area contributed by atoms with Crippen LogP contribution in [0.5, 0.6) is 0 Å². The van der Waals surface area contributed by atoms with Crippen LogP contribution >= 0.6 is 0 Å². The monoisotopic (exact) mass is 339 g/mol. The molecule has 0 radical (unpaired) electrons. The van der Waals surface area contributed by atoms with Gasteiger partial charge in [0.05, 0.1) is 5.92 Å². The molecule has 6 heteroatoms. The maximum atomic E-state index is 12.4. The van der Waals surface area contributed by atoms with E-state index in [-0.39, 0.29) is 28.6 Å². The highest BCUT2D eigenvalue weighted by Crippen LogP contribution is 2.35. The fourth-order valence-electron chi connectivity index (χ4n) is 3.29. The first-order chi connectivity index (χ1) is 10.9. The van der Waals surface area contributed by atoms with Gasteiger partial charge in [0.15, 0.2) is 6.35 Å². The van der Waals surface area contributed by atoms with Gasteiger partial charge >= 0.3 is 0 Å². The highest BCUT2D eigenvalue weighted by molar-refractivity contribution is 6.03. The molecule has 0 aromatic rings. The van der Waals surface area contributed by atoms with Gasteiger partial charge < -0.3 is 5.11 Å². The van der Waals surface area contributed by atoms with Crippen LogP contribution in [-0.2, 0) is 9.59 Å². The van der Waals surface area contributed by atoms with E-state index in [1.54, 1.807) is 0 Å². The van der Waals surface area contributed by atoms with Gasteiger partial charge in [0.2, 0.25) is 11.8 Å². The van der Waals surface area contributed by atoms with Gasteiger partial charge in [0.1, 0.15) is 0 Å². The quantitative estimate of drug-likeness (QED) is 0.583. The molecule has 0 bridgehead atoms. The molecule has 138 valence electrons. The summed E-state index contributed by atoms with van der Waals surface area (Å²) in [4.78, 5) is 27.8. The van der Waals surface area contributed by atoms with Crippen LogP contribution in [0.25, 0.3) is 0 Å². The number of rotatable bonds is 5. The molecule has 2 atom stereocenters. The Kier molecular flexibility index (Phi) is 5.43. The summed E-state index contributed by atoms with van der Waals surface area (Å²) in [5, 5.41) is 13.2. The minimum atomic E-state index is -0.713. The number of carbonyl (C=O) groups excluding carboxylic acids is 2. The van der Waals surface area contributed by atoms with Crippen molar-refractivity contribution in [2.45, 2.75) is 54.3 Å². The number of aliphatic hydroxyl groups excluding tert-OH is 1. The van der Waals surface area contributed by atoms with Crippen LogP contribution < -0.4 is 5.32 Å². The second kappa shape index (κ2) is 6.73. The highest BCUT2D eigenvalue weighted by Gasteiger charge is 2.44. The van der Waals surface area contributed by atoms with Gasteiger partial charge in [-0.1, -0.05) is 41.5 Å². The Bertz CT molecular complexity index is 487. The number of hydrogen-bond acceptors (Lipinski definition) is 5. The van der Waals surface area contributed by atoms with E-state index in [2.05, 4.69) is 26.1 Å². The first-order valence-corrected chi connectivity index (χ1v) is 8.91. The van der Waals surface area contributed by atoms with Gasteiger partial charge in [-0.25, -0.2) is 0 Å². The van der Waals surface area contributed by atoms with Crippen LogP contribution in [0.2, 0.25) is 0 Å². The molecule has 0 aromatic heterocycles. The number of likely N-dealkylation sites (tertiary alicyclic amines) is 2. The first-order valence-electron chi connectivity index (χ1n) is 8.91. The average Bonchev–Trinajstić information content (AvgIpc) is 2.62. The molecule has 2 N–H and O–H groups in total. The van der Waals surface area contributed by atoms with Crippen molar-refractivity contribution < 1.29 is 14.7 Å². The fourth-order valence-corrected chi connectivity index (χ4v) is 3.29. The van der Waals surface area contributed by atoms with Crippen molar-refractivity contribution >= 4 is 11.8 Å². The van der Waals surface area contributed by atoms with E-state index in [9.17, 15) is 14.7 Å². The lowest BCUT2D eigenvalue weighted by molar-refractivity contribution is -0.141. The maximum Gasteiger partial charge on any atom is 0.233 e. The summed E-state index contributed by atoms with van der Waals surface area (Å²) in [6.45, 7) is 15.1. The molecule has 6 nitrogen and oxygen atoms in total. The van der Waals surface area contributed by atoms with Gasteiger partial charge in [-0.05, 0) is 16.7 Å². The number of imide groups is 1. The molecule has 0 aromatic carbocycles. The predicted molar refractivity (Wildman–Crippen MR) is 92.8 cm³/mol. The van der Waals surface area contributed by atoms with Crippen molar-refractivity contribution in [1.82, 2.24) is 15.1 Å². The molecule has 24 heavy (non-hydrogen) atoms. The zero-order valence-corrected chi connectivity index (χ0v) is 15.9. The van der Waals surface area contributed by atoms with Gasteiger partial charge in [-0.3, -0.25) is 24.7 Å². The molecule has 2 aliphatic rings. The van der Waals surface area contributed by atoms with Crippen molar-refractivity contribution in [3.05, 3.63) is 0 Å². The lowest BCUT2D eigenvalue weighted by Crippen LogP contribution is -2.60. The predicted octanol–water partition coefficient (Wildman–Crippen LogP) is 1.25. The second-order valence-electron chi connectivity index (χ2n) is 9.35. The molecular weight excluding hydrogens is 306 g/mol. The summed E-state index contributed by atoms with van der Waals surface area (Å²) >= 11 is 0. The summed E-state index contributed by atoms with van der Waals surface area (Å²) in [5.74, 6) is 0.162. The third-order valence-corrected chi connectivity index (χ3v) is 5.43. The number of nitrogens with one attached hydrogen (secondary N) is 1. The standard InChI is InChI=1S/C18H33N3O3/c1-17(2,3)12-10-20(11-12)16(24)19-7-8-21-14(22)9-13(15(21)23)18(4,5)6/h12-13,16,19,24H,7-11H2,1-6H3. The van der Waals surface area contributed by atoms with Crippen LogP contribution in [0.15, 0.2) is 0 Å². The summed E-state index contributed by atoms with van der Waals surface area (Å²) < 4.78 is 0. The van der Waals surface area contributed by atoms with Crippen molar-refractivity contribution in [2.24, 2.45) is 22.7 Å². The molecule has 2 fully saturated rings. The third kappa shape index (κ3) is 4.16. The summed E-state index contributed by atoms with van der Waals surface area (Å²) in [7, 11) is 0. The van der Waals surface area contributed by atoms with Crippen molar-refractivity contribution in [3.8, 4) is 0 Å². The normalized spacial score (nSPS) is 25.3. The van der Waals surface area contributed by atoms with E-state index in [1.807, 2.05) is 25.7 Å². The largest absolute Gasteiger partial charge is 0.365 e. The lowest BCUT2D eigenvalue weighted by Gasteiger charge is -2.48. The number of hydrogen-bond donors (Lipinski definition) is 2. The van der Waals surface area contributed by atoms with Crippen LogP contribution in [-0.4, -0.2) is 59.3 Å². The van der Waals surface area contributed by atoms with Crippen LogP contribution in [0.4, 0.5) is 0 Å². The Balaban J connectivity index is 1.75. The Morgan fingerprint density at radius 2 is 1.71 bits per heavy atom. The SMILES string of the molecule is CC(C)(C)C1CN(C(O)NCCN2C(=O)CC(C(C)(C)C)C2=O)C1. The van der Waals surface area contributed by atoms with Crippen molar-refractivity contribution in [3.63, 3.8) is 0 Å². The summed E-state index contributed by atoms with van der Waals surface area (Å²) in [6.07, 6.45) is -0.417. The Hall–Kier alpha value is -0.980. The van der Waals surface area contributed by atoms with E-state index in [4.69, 9.17) is 0 Å². The Labute approximate surface area is 145 Å². The number of aliphatic hydroxyl groups is 1. The average molecular weight is 339 g/mol. The molecular formula is C18H33N3O3. The van der Waals surface area contributed by atoms with E-state index < -0.39 is 6.35 Å². The van der Waals surface area contributed by atoms with E-state index in [0.29, 0.717) is 25.4 Å².